The quantitative estimate of drug-likeness (QED) is 0.829. The van der Waals surface area contributed by atoms with E-state index < -0.39 is 0 Å². The van der Waals surface area contributed by atoms with E-state index in [1.165, 1.54) is 5.01 Å². The van der Waals surface area contributed by atoms with Gasteiger partial charge in [0.1, 0.15) is 5.82 Å². The molecule has 104 valence electrons. The smallest absolute Gasteiger partial charge is 0.191 e. The molecule has 0 aromatic carbocycles. The molecule has 0 saturated carbocycles. The third-order valence-electron chi connectivity index (χ3n) is 2.67. The summed E-state index contributed by atoms with van der Waals surface area (Å²) in [6, 6.07) is 0. The van der Waals surface area contributed by atoms with Crippen molar-refractivity contribution in [1.82, 2.24) is 19.7 Å². The monoisotopic (exact) mass is 297 g/mol. The number of hydrogen-bond donors (Lipinski definition) is 1. The van der Waals surface area contributed by atoms with Crippen LogP contribution < -0.4 is 5.73 Å². The van der Waals surface area contributed by atoms with Crippen LogP contribution in [0, 0.1) is 6.92 Å². The maximum atomic E-state index is 5.61. The number of aryl methyl sites for hydroxylation is 1. The van der Waals surface area contributed by atoms with Gasteiger partial charge in [-0.05, 0) is 6.92 Å². The Bertz CT molecular complexity index is 532. The first kappa shape index (κ1) is 14.5. The maximum absolute atomic E-state index is 5.61. The summed E-state index contributed by atoms with van der Waals surface area (Å²) in [6.07, 6.45) is 0. The minimum atomic E-state index is 0.492. The second-order valence-electron chi connectivity index (χ2n) is 4.59. The van der Waals surface area contributed by atoms with Gasteiger partial charge in [0, 0.05) is 30.1 Å². The highest BCUT2D eigenvalue weighted by Gasteiger charge is 2.11. The normalized spacial score (nSPS) is 11.4. The van der Waals surface area contributed by atoms with Gasteiger partial charge >= 0.3 is 0 Å². The fourth-order valence-corrected chi connectivity index (χ4v) is 3.49. The number of rotatable bonds is 6. The lowest BCUT2D eigenvalue weighted by molar-refractivity contribution is 0.627. The van der Waals surface area contributed by atoms with Gasteiger partial charge in [-0.1, -0.05) is 25.6 Å². The van der Waals surface area contributed by atoms with Gasteiger partial charge in [-0.15, -0.1) is 21.5 Å². The van der Waals surface area contributed by atoms with Gasteiger partial charge in [0.25, 0.3) is 0 Å². The number of aromatic nitrogens is 4. The van der Waals surface area contributed by atoms with E-state index in [1.54, 1.807) is 23.1 Å². The van der Waals surface area contributed by atoms with Gasteiger partial charge < -0.3 is 10.3 Å². The molecule has 2 aromatic rings. The van der Waals surface area contributed by atoms with Crippen molar-refractivity contribution in [3.8, 4) is 0 Å². The molecule has 0 aliphatic rings. The van der Waals surface area contributed by atoms with Crippen molar-refractivity contribution in [3.63, 3.8) is 0 Å². The van der Waals surface area contributed by atoms with Gasteiger partial charge in [0.2, 0.25) is 0 Å². The molecule has 2 rings (SSSR count). The molecule has 0 unspecified atom stereocenters. The van der Waals surface area contributed by atoms with E-state index in [0.29, 0.717) is 12.5 Å². The van der Waals surface area contributed by atoms with E-state index in [0.717, 1.165) is 29.0 Å². The number of nitrogens with zero attached hydrogens (tertiary/aromatic N) is 4. The van der Waals surface area contributed by atoms with E-state index >= 15 is 0 Å². The van der Waals surface area contributed by atoms with Crippen molar-refractivity contribution in [2.24, 2.45) is 5.73 Å². The molecular weight excluding hydrogens is 278 g/mol. The summed E-state index contributed by atoms with van der Waals surface area (Å²) in [4.78, 5) is 4.62. The van der Waals surface area contributed by atoms with Crippen molar-refractivity contribution >= 4 is 23.1 Å². The van der Waals surface area contributed by atoms with E-state index in [-0.39, 0.29) is 0 Å². The highest BCUT2D eigenvalue weighted by atomic mass is 32.2. The maximum Gasteiger partial charge on any atom is 0.191 e. The highest BCUT2D eigenvalue weighted by molar-refractivity contribution is 7.98. The Hall–Kier alpha value is -0.920. The van der Waals surface area contributed by atoms with E-state index in [1.807, 2.05) is 6.92 Å². The SMILES string of the molecule is Cc1nnc(SCc2csc(C(C)C)n2)n1CCN. The minimum Gasteiger partial charge on any atom is -0.329 e. The van der Waals surface area contributed by atoms with Crippen LogP contribution in [-0.2, 0) is 12.3 Å². The first-order valence-corrected chi connectivity index (χ1v) is 8.15. The Morgan fingerprint density at radius 2 is 2.21 bits per heavy atom. The number of thiazole rings is 1. The second kappa shape index (κ2) is 6.49. The van der Waals surface area contributed by atoms with Crippen LogP contribution in [-0.4, -0.2) is 26.3 Å². The molecule has 0 aliphatic carbocycles. The summed E-state index contributed by atoms with van der Waals surface area (Å²) in [5.41, 5.74) is 6.71. The van der Waals surface area contributed by atoms with Crippen molar-refractivity contribution < 1.29 is 0 Å². The lowest BCUT2D eigenvalue weighted by atomic mass is 10.2. The molecule has 7 heteroatoms. The van der Waals surface area contributed by atoms with Gasteiger partial charge in [-0.2, -0.15) is 0 Å². The van der Waals surface area contributed by atoms with Crippen LogP contribution >= 0.6 is 23.1 Å². The Morgan fingerprint density at radius 1 is 1.42 bits per heavy atom. The highest BCUT2D eigenvalue weighted by Crippen LogP contribution is 2.25. The topological polar surface area (TPSA) is 69.6 Å². The number of hydrogen-bond acceptors (Lipinski definition) is 6. The third kappa shape index (κ3) is 3.55. The molecule has 0 atom stereocenters. The molecule has 0 spiro atoms. The van der Waals surface area contributed by atoms with Gasteiger partial charge in [0.15, 0.2) is 5.16 Å². The minimum absolute atomic E-state index is 0.492. The summed E-state index contributed by atoms with van der Waals surface area (Å²) in [5.74, 6) is 2.23. The zero-order valence-electron chi connectivity index (χ0n) is 11.5. The van der Waals surface area contributed by atoms with Gasteiger partial charge in [-0.3, -0.25) is 0 Å². The van der Waals surface area contributed by atoms with E-state index in [9.17, 15) is 0 Å². The lowest BCUT2D eigenvalue weighted by Crippen LogP contribution is -2.12. The fourth-order valence-electron chi connectivity index (χ4n) is 1.65. The van der Waals surface area contributed by atoms with Crippen molar-refractivity contribution in [3.05, 3.63) is 21.9 Å². The van der Waals surface area contributed by atoms with E-state index in [4.69, 9.17) is 5.73 Å². The molecule has 0 amide bonds. The van der Waals surface area contributed by atoms with Crippen LogP contribution in [0.4, 0.5) is 0 Å². The summed E-state index contributed by atoms with van der Waals surface area (Å²) in [5, 5.41) is 12.5. The molecule has 0 radical (unpaired) electrons. The number of nitrogens with two attached hydrogens (primary N) is 1. The molecule has 0 fully saturated rings. The Morgan fingerprint density at radius 3 is 2.84 bits per heavy atom. The molecule has 0 aliphatic heterocycles. The average Bonchev–Trinajstić information content (AvgIpc) is 2.96. The summed E-state index contributed by atoms with van der Waals surface area (Å²) >= 11 is 3.39. The first-order valence-electron chi connectivity index (χ1n) is 6.28. The zero-order valence-corrected chi connectivity index (χ0v) is 13.1. The molecule has 19 heavy (non-hydrogen) atoms. The molecule has 0 bridgehead atoms. The number of thioether (sulfide) groups is 1. The largest absolute Gasteiger partial charge is 0.329 e. The summed E-state index contributed by atoms with van der Waals surface area (Å²) in [6.45, 7) is 7.64. The molecule has 5 nitrogen and oxygen atoms in total. The average molecular weight is 297 g/mol. The summed E-state index contributed by atoms with van der Waals surface area (Å²) in [7, 11) is 0. The van der Waals surface area contributed by atoms with Crippen molar-refractivity contribution in [2.45, 2.75) is 44.1 Å². The van der Waals surface area contributed by atoms with Crippen LogP contribution in [0.5, 0.6) is 0 Å². The standard InChI is InChI=1S/C12H19N5S2/c1-8(2)11-14-10(6-18-11)7-19-12-16-15-9(3)17(12)5-4-13/h6,8H,4-5,7,13H2,1-3H3. The van der Waals surface area contributed by atoms with Crippen molar-refractivity contribution in [2.75, 3.05) is 6.54 Å². The van der Waals surface area contributed by atoms with Crippen LogP contribution in [0.3, 0.4) is 0 Å². The Balaban J connectivity index is 2.01. The predicted octanol–water partition coefficient (Wildman–Crippen LogP) is 2.42. The third-order valence-corrected chi connectivity index (χ3v) is 4.86. The zero-order chi connectivity index (χ0) is 13.8. The van der Waals surface area contributed by atoms with Crippen molar-refractivity contribution in [1.29, 1.82) is 0 Å². The van der Waals surface area contributed by atoms with Crippen LogP contribution in [0.25, 0.3) is 0 Å². The Labute approximate surface area is 121 Å². The van der Waals surface area contributed by atoms with Crippen LogP contribution in [0.15, 0.2) is 10.5 Å². The second-order valence-corrected chi connectivity index (χ2v) is 6.42. The van der Waals surface area contributed by atoms with Crippen LogP contribution in [0.1, 0.15) is 36.3 Å². The molecule has 2 N–H and O–H groups in total. The molecular formula is C12H19N5S2. The van der Waals surface area contributed by atoms with E-state index in [2.05, 4.69) is 39.0 Å². The summed E-state index contributed by atoms with van der Waals surface area (Å²) < 4.78 is 2.06. The Kier molecular flexibility index (Phi) is 4.95. The molecule has 2 heterocycles. The van der Waals surface area contributed by atoms with Crippen LogP contribution in [0.2, 0.25) is 0 Å². The fraction of sp³-hybridized carbons (Fsp3) is 0.583. The lowest BCUT2D eigenvalue weighted by Gasteiger charge is -2.05. The van der Waals surface area contributed by atoms with Gasteiger partial charge in [-0.25, -0.2) is 4.98 Å². The molecule has 0 saturated heterocycles. The first-order chi connectivity index (χ1) is 9.11. The van der Waals surface area contributed by atoms with Gasteiger partial charge in [0.05, 0.1) is 10.7 Å². The predicted molar refractivity (Wildman–Crippen MR) is 79.6 cm³/mol. The molecule has 2 aromatic heterocycles.